The van der Waals surface area contributed by atoms with Crippen LogP contribution in [0.3, 0.4) is 0 Å². The number of piperidine rings is 1. The minimum atomic E-state index is 0. The standard InChI is InChI=1S/C24H24N2.ClH/c1-3-9-19(10-4-1)17-25-16-15-24-22(18-25)21-13-7-8-14-23(21)26(24)20-11-5-2-6-12-20;/h1-14,22,24H,15-18H2;1H/t22-,24+;/m0./s1. The summed E-state index contributed by atoms with van der Waals surface area (Å²) in [4.78, 5) is 5.21. The summed E-state index contributed by atoms with van der Waals surface area (Å²) >= 11 is 0. The molecule has 2 aliphatic heterocycles. The van der Waals surface area contributed by atoms with Gasteiger partial charge in [-0.2, -0.15) is 0 Å². The lowest BCUT2D eigenvalue weighted by molar-refractivity contribution is 0.189. The van der Waals surface area contributed by atoms with E-state index in [4.69, 9.17) is 0 Å². The molecule has 0 aromatic heterocycles. The van der Waals surface area contributed by atoms with Crippen LogP contribution in [0, 0.1) is 0 Å². The summed E-state index contributed by atoms with van der Waals surface area (Å²) < 4.78 is 0. The molecule has 0 amide bonds. The molecule has 0 radical (unpaired) electrons. The van der Waals surface area contributed by atoms with E-state index in [1.54, 1.807) is 0 Å². The number of hydrogen-bond donors (Lipinski definition) is 0. The third-order valence-corrected chi connectivity index (χ3v) is 5.87. The van der Waals surface area contributed by atoms with Crippen LogP contribution in [-0.4, -0.2) is 24.0 Å². The first-order chi connectivity index (χ1) is 12.9. The van der Waals surface area contributed by atoms with E-state index < -0.39 is 0 Å². The number of halogens is 1. The minimum absolute atomic E-state index is 0. The van der Waals surface area contributed by atoms with E-state index >= 15 is 0 Å². The summed E-state index contributed by atoms with van der Waals surface area (Å²) in [6, 6.07) is 31.3. The van der Waals surface area contributed by atoms with Gasteiger partial charge in [0.15, 0.2) is 0 Å². The lowest BCUT2D eigenvalue weighted by Crippen LogP contribution is -2.44. The van der Waals surface area contributed by atoms with E-state index in [9.17, 15) is 0 Å². The maximum atomic E-state index is 2.63. The van der Waals surface area contributed by atoms with Crippen molar-refractivity contribution < 1.29 is 0 Å². The first-order valence-electron chi connectivity index (χ1n) is 9.59. The molecule has 0 bridgehead atoms. The van der Waals surface area contributed by atoms with Crippen LogP contribution in [0.15, 0.2) is 84.9 Å². The summed E-state index contributed by atoms with van der Waals surface area (Å²) in [5, 5.41) is 0. The number of nitrogens with zero attached hydrogens (tertiary/aromatic N) is 2. The maximum Gasteiger partial charge on any atom is 0.0450 e. The van der Waals surface area contributed by atoms with Gasteiger partial charge in [0.2, 0.25) is 0 Å². The molecule has 27 heavy (non-hydrogen) atoms. The smallest absolute Gasteiger partial charge is 0.0450 e. The Morgan fingerprint density at radius 1 is 0.778 bits per heavy atom. The van der Waals surface area contributed by atoms with Gasteiger partial charge in [0.1, 0.15) is 0 Å². The average Bonchev–Trinajstić information content (AvgIpc) is 3.03. The lowest BCUT2D eigenvalue weighted by atomic mass is 9.89. The molecule has 5 rings (SSSR count). The van der Waals surface area contributed by atoms with E-state index in [1.807, 2.05) is 0 Å². The largest absolute Gasteiger partial charge is 0.337 e. The monoisotopic (exact) mass is 376 g/mol. The summed E-state index contributed by atoms with van der Waals surface area (Å²) in [5.41, 5.74) is 5.65. The second-order valence-corrected chi connectivity index (χ2v) is 7.45. The fourth-order valence-electron chi connectivity index (χ4n) is 4.73. The number of benzene rings is 3. The molecule has 3 aromatic carbocycles. The Morgan fingerprint density at radius 2 is 1.44 bits per heavy atom. The van der Waals surface area contributed by atoms with Crippen LogP contribution in [0.4, 0.5) is 11.4 Å². The molecule has 3 heteroatoms. The molecular weight excluding hydrogens is 352 g/mol. The maximum absolute atomic E-state index is 2.63. The molecule has 0 N–H and O–H groups in total. The van der Waals surface area contributed by atoms with Crippen molar-refractivity contribution in [1.29, 1.82) is 0 Å². The molecular formula is C24H25ClN2. The van der Waals surface area contributed by atoms with Gasteiger partial charge >= 0.3 is 0 Å². The van der Waals surface area contributed by atoms with Gasteiger partial charge in [-0.1, -0.05) is 66.7 Å². The quantitative estimate of drug-likeness (QED) is 0.585. The number of hydrogen-bond acceptors (Lipinski definition) is 2. The van der Waals surface area contributed by atoms with Crippen molar-refractivity contribution in [2.24, 2.45) is 0 Å². The zero-order valence-electron chi connectivity index (χ0n) is 15.4. The van der Waals surface area contributed by atoms with Crippen LogP contribution in [-0.2, 0) is 6.54 Å². The summed E-state index contributed by atoms with van der Waals surface area (Å²) in [6.45, 7) is 3.35. The Bertz CT molecular complexity index is 881. The van der Waals surface area contributed by atoms with Crippen molar-refractivity contribution in [3.63, 3.8) is 0 Å². The highest BCUT2D eigenvalue weighted by Crippen LogP contribution is 2.48. The average molecular weight is 377 g/mol. The second kappa shape index (κ2) is 7.75. The Labute approximate surface area is 167 Å². The molecule has 0 aliphatic carbocycles. The van der Waals surface area contributed by atoms with Crippen LogP contribution in [0.5, 0.6) is 0 Å². The number of fused-ring (bicyclic) bond motifs is 3. The van der Waals surface area contributed by atoms with Gasteiger partial charge < -0.3 is 4.90 Å². The van der Waals surface area contributed by atoms with Crippen LogP contribution < -0.4 is 4.90 Å². The molecule has 1 fully saturated rings. The summed E-state index contributed by atoms with van der Waals surface area (Å²) in [6.07, 6.45) is 1.21. The highest BCUT2D eigenvalue weighted by atomic mass is 35.5. The molecule has 0 saturated carbocycles. The SMILES string of the molecule is Cl.c1ccc(CN2CC[C@@H]3[C@@H](C2)c2ccccc2N3c2ccccc2)cc1. The van der Waals surface area contributed by atoms with Gasteiger partial charge in [-0.3, -0.25) is 4.90 Å². The normalized spacial score (nSPS) is 21.3. The van der Waals surface area contributed by atoms with Gasteiger partial charge in [0.05, 0.1) is 0 Å². The molecule has 2 nitrogen and oxygen atoms in total. The van der Waals surface area contributed by atoms with E-state index in [0.29, 0.717) is 12.0 Å². The topological polar surface area (TPSA) is 6.48 Å². The molecule has 3 aromatic rings. The van der Waals surface area contributed by atoms with Crippen LogP contribution >= 0.6 is 12.4 Å². The fourth-order valence-corrected chi connectivity index (χ4v) is 4.73. The van der Waals surface area contributed by atoms with Crippen molar-refractivity contribution in [2.45, 2.75) is 24.9 Å². The Hall–Kier alpha value is -2.29. The molecule has 1 saturated heterocycles. The van der Waals surface area contributed by atoms with Crippen LogP contribution in [0.1, 0.15) is 23.5 Å². The number of rotatable bonds is 3. The van der Waals surface area contributed by atoms with Crippen molar-refractivity contribution in [3.05, 3.63) is 96.1 Å². The van der Waals surface area contributed by atoms with Gasteiger partial charge in [-0.15, -0.1) is 12.4 Å². The van der Waals surface area contributed by atoms with Gasteiger partial charge in [0.25, 0.3) is 0 Å². The highest BCUT2D eigenvalue weighted by Gasteiger charge is 2.42. The van der Waals surface area contributed by atoms with Crippen molar-refractivity contribution in [3.8, 4) is 0 Å². The minimum Gasteiger partial charge on any atom is -0.337 e. The van der Waals surface area contributed by atoms with Crippen molar-refractivity contribution >= 4 is 23.8 Å². The molecule has 2 heterocycles. The molecule has 0 unspecified atom stereocenters. The zero-order valence-corrected chi connectivity index (χ0v) is 16.2. The predicted molar refractivity (Wildman–Crippen MR) is 115 cm³/mol. The molecule has 0 spiro atoms. The molecule has 2 aliphatic rings. The van der Waals surface area contributed by atoms with E-state index in [2.05, 4.69) is 94.7 Å². The van der Waals surface area contributed by atoms with Crippen LogP contribution in [0.2, 0.25) is 0 Å². The number of para-hydroxylation sites is 2. The van der Waals surface area contributed by atoms with Gasteiger partial charge in [-0.05, 0) is 35.7 Å². The van der Waals surface area contributed by atoms with Crippen molar-refractivity contribution in [2.75, 3.05) is 18.0 Å². The van der Waals surface area contributed by atoms with Crippen LogP contribution in [0.25, 0.3) is 0 Å². The Kier molecular flexibility index (Phi) is 5.20. The summed E-state index contributed by atoms with van der Waals surface area (Å²) in [7, 11) is 0. The number of anilines is 2. The first kappa shape index (κ1) is 18.1. The zero-order chi connectivity index (χ0) is 17.3. The summed E-state index contributed by atoms with van der Waals surface area (Å²) in [5.74, 6) is 0.587. The predicted octanol–water partition coefficient (Wildman–Crippen LogP) is 5.62. The van der Waals surface area contributed by atoms with E-state index in [-0.39, 0.29) is 12.4 Å². The third-order valence-electron chi connectivity index (χ3n) is 5.87. The molecule has 138 valence electrons. The first-order valence-corrected chi connectivity index (χ1v) is 9.59. The second-order valence-electron chi connectivity index (χ2n) is 7.45. The van der Waals surface area contributed by atoms with E-state index in [0.717, 1.165) is 19.6 Å². The Balaban J connectivity index is 0.00000180. The van der Waals surface area contributed by atoms with Gasteiger partial charge in [0, 0.05) is 43.0 Å². The van der Waals surface area contributed by atoms with Gasteiger partial charge in [-0.25, -0.2) is 0 Å². The fraction of sp³-hybridized carbons (Fsp3) is 0.250. The highest BCUT2D eigenvalue weighted by molar-refractivity contribution is 5.85. The molecule has 2 atom stereocenters. The lowest BCUT2D eigenvalue weighted by Gasteiger charge is -2.39. The van der Waals surface area contributed by atoms with Crippen molar-refractivity contribution in [1.82, 2.24) is 4.90 Å². The third kappa shape index (κ3) is 3.36. The Morgan fingerprint density at radius 3 is 2.22 bits per heavy atom. The number of likely N-dealkylation sites (tertiary alicyclic amines) is 1. The van der Waals surface area contributed by atoms with E-state index in [1.165, 1.54) is 28.9 Å².